The first-order valence-corrected chi connectivity index (χ1v) is 5.90. The normalized spacial score (nSPS) is 13.2. The molecule has 88 valence electrons. The van der Waals surface area contributed by atoms with Crippen molar-refractivity contribution in [3.8, 4) is 0 Å². The number of fused-ring (bicyclic) bond motifs is 2. The third kappa shape index (κ3) is 1.29. The summed E-state index contributed by atoms with van der Waals surface area (Å²) in [6.07, 6.45) is 0. The van der Waals surface area contributed by atoms with E-state index >= 15 is 0 Å². The summed E-state index contributed by atoms with van der Waals surface area (Å²) in [5.74, 6) is -0.0929. The van der Waals surface area contributed by atoms with Gasteiger partial charge in [0.15, 0.2) is 11.6 Å². The first-order chi connectivity index (χ1) is 8.61. The fourth-order valence-corrected chi connectivity index (χ4v) is 2.46. The molecule has 2 aromatic carbocycles. The number of ketones is 2. The van der Waals surface area contributed by atoms with Crippen molar-refractivity contribution in [3.63, 3.8) is 0 Å². The molecule has 0 saturated carbocycles. The van der Waals surface area contributed by atoms with Crippen LogP contribution in [0.4, 0.5) is 0 Å². The Balaban J connectivity index is 2.38. The minimum Gasteiger partial charge on any atom is -0.289 e. The first-order valence-electron chi connectivity index (χ1n) is 5.90. The minimum atomic E-state index is -0.0525. The molecule has 1 aliphatic carbocycles. The number of rotatable bonds is 0. The van der Waals surface area contributed by atoms with Gasteiger partial charge in [-0.05, 0) is 25.0 Å². The van der Waals surface area contributed by atoms with Crippen LogP contribution >= 0.6 is 0 Å². The lowest BCUT2D eigenvalue weighted by Crippen LogP contribution is -2.22. The van der Waals surface area contributed by atoms with Crippen LogP contribution in [0.2, 0.25) is 0 Å². The second-order valence-electron chi connectivity index (χ2n) is 4.63. The largest absolute Gasteiger partial charge is 0.289 e. The summed E-state index contributed by atoms with van der Waals surface area (Å²) in [6.45, 7) is 3.85. The van der Waals surface area contributed by atoms with E-state index in [9.17, 15) is 9.59 Å². The average molecular weight is 236 g/mol. The molecule has 0 N–H and O–H groups in total. The van der Waals surface area contributed by atoms with Gasteiger partial charge >= 0.3 is 0 Å². The van der Waals surface area contributed by atoms with E-state index < -0.39 is 0 Å². The van der Waals surface area contributed by atoms with Crippen molar-refractivity contribution in [3.05, 3.63) is 69.8 Å². The standard InChI is InChI=1S/C16H12O2/c1-9-7-8-13-14(10(9)2)16(18)12-6-4-3-5-11(12)15(13)17/h3-8H,1-2H3. The number of aryl methyl sites for hydroxylation is 1. The molecule has 0 aliphatic heterocycles. The number of benzene rings is 2. The molecule has 0 spiro atoms. The molecule has 0 unspecified atom stereocenters. The molecule has 18 heavy (non-hydrogen) atoms. The Morgan fingerprint density at radius 1 is 0.722 bits per heavy atom. The molecule has 0 amide bonds. The molecule has 0 bridgehead atoms. The summed E-state index contributed by atoms with van der Waals surface area (Å²) in [6, 6.07) is 10.7. The van der Waals surface area contributed by atoms with Crippen molar-refractivity contribution < 1.29 is 9.59 Å². The quantitative estimate of drug-likeness (QED) is 0.601. The first kappa shape index (κ1) is 10.9. The van der Waals surface area contributed by atoms with Gasteiger partial charge in [-0.25, -0.2) is 0 Å². The van der Waals surface area contributed by atoms with Gasteiger partial charge in [0.1, 0.15) is 0 Å². The van der Waals surface area contributed by atoms with Crippen LogP contribution in [0.1, 0.15) is 43.0 Å². The van der Waals surface area contributed by atoms with Crippen molar-refractivity contribution in [1.29, 1.82) is 0 Å². The van der Waals surface area contributed by atoms with Gasteiger partial charge in [0.2, 0.25) is 0 Å². The monoisotopic (exact) mass is 236 g/mol. The lowest BCUT2D eigenvalue weighted by molar-refractivity contribution is 0.0978. The molecule has 0 saturated heterocycles. The third-order valence-corrected chi connectivity index (χ3v) is 3.62. The van der Waals surface area contributed by atoms with Crippen LogP contribution in [0.5, 0.6) is 0 Å². The molecule has 0 heterocycles. The molecular weight excluding hydrogens is 224 g/mol. The zero-order valence-corrected chi connectivity index (χ0v) is 10.3. The van der Waals surface area contributed by atoms with E-state index in [4.69, 9.17) is 0 Å². The van der Waals surface area contributed by atoms with Gasteiger partial charge in [-0.15, -0.1) is 0 Å². The highest BCUT2D eigenvalue weighted by Gasteiger charge is 2.30. The Kier molecular flexibility index (Phi) is 2.20. The molecular formula is C16H12O2. The summed E-state index contributed by atoms with van der Waals surface area (Å²) in [5.41, 5.74) is 4.07. The summed E-state index contributed by atoms with van der Waals surface area (Å²) in [4.78, 5) is 24.8. The van der Waals surface area contributed by atoms with Crippen LogP contribution in [0.15, 0.2) is 36.4 Å². The van der Waals surface area contributed by atoms with Crippen molar-refractivity contribution >= 4 is 11.6 Å². The van der Waals surface area contributed by atoms with Gasteiger partial charge in [0.05, 0.1) is 0 Å². The maximum absolute atomic E-state index is 12.5. The molecule has 0 radical (unpaired) electrons. The summed E-state index contributed by atoms with van der Waals surface area (Å²) in [7, 11) is 0. The Morgan fingerprint density at radius 2 is 1.33 bits per heavy atom. The fourth-order valence-electron chi connectivity index (χ4n) is 2.46. The predicted molar refractivity (Wildman–Crippen MR) is 69.2 cm³/mol. The van der Waals surface area contributed by atoms with E-state index in [1.54, 1.807) is 30.3 Å². The molecule has 2 aromatic rings. The zero-order valence-electron chi connectivity index (χ0n) is 10.3. The van der Waals surface area contributed by atoms with Crippen LogP contribution < -0.4 is 0 Å². The summed E-state index contributed by atoms with van der Waals surface area (Å²) < 4.78 is 0. The zero-order chi connectivity index (χ0) is 12.9. The molecule has 0 atom stereocenters. The second kappa shape index (κ2) is 3.64. The maximum atomic E-state index is 12.5. The van der Waals surface area contributed by atoms with Crippen molar-refractivity contribution in [2.45, 2.75) is 13.8 Å². The fraction of sp³-hybridized carbons (Fsp3) is 0.125. The highest BCUT2D eigenvalue weighted by atomic mass is 16.1. The SMILES string of the molecule is Cc1ccc2c(c1C)C(=O)c1ccccc1C2=O. The van der Waals surface area contributed by atoms with Crippen LogP contribution in [0.3, 0.4) is 0 Å². The van der Waals surface area contributed by atoms with Crippen LogP contribution in [0, 0.1) is 13.8 Å². The second-order valence-corrected chi connectivity index (χ2v) is 4.63. The Bertz CT molecular complexity index is 696. The van der Waals surface area contributed by atoms with Crippen molar-refractivity contribution in [2.24, 2.45) is 0 Å². The Labute approximate surface area is 105 Å². The minimum absolute atomic E-state index is 0.0404. The van der Waals surface area contributed by atoms with Crippen LogP contribution in [0.25, 0.3) is 0 Å². The van der Waals surface area contributed by atoms with Crippen LogP contribution in [-0.4, -0.2) is 11.6 Å². The summed E-state index contributed by atoms with van der Waals surface area (Å²) >= 11 is 0. The molecule has 3 rings (SSSR count). The molecule has 0 fully saturated rings. The van der Waals surface area contributed by atoms with Gasteiger partial charge in [-0.1, -0.05) is 36.4 Å². The highest BCUT2D eigenvalue weighted by Crippen LogP contribution is 2.30. The molecule has 2 nitrogen and oxygen atoms in total. The van der Waals surface area contributed by atoms with Gasteiger partial charge in [0.25, 0.3) is 0 Å². The lowest BCUT2D eigenvalue weighted by atomic mass is 9.81. The van der Waals surface area contributed by atoms with Gasteiger partial charge in [-0.2, -0.15) is 0 Å². The molecule has 2 heteroatoms. The van der Waals surface area contributed by atoms with Crippen molar-refractivity contribution in [2.75, 3.05) is 0 Å². The van der Waals surface area contributed by atoms with E-state index in [0.717, 1.165) is 11.1 Å². The van der Waals surface area contributed by atoms with Crippen molar-refractivity contribution in [1.82, 2.24) is 0 Å². The predicted octanol–water partition coefficient (Wildman–Crippen LogP) is 3.08. The van der Waals surface area contributed by atoms with Crippen LogP contribution in [-0.2, 0) is 0 Å². The van der Waals surface area contributed by atoms with E-state index in [-0.39, 0.29) is 11.6 Å². The van der Waals surface area contributed by atoms with Gasteiger partial charge in [0, 0.05) is 22.3 Å². The third-order valence-electron chi connectivity index (χ3n) is 3.62. The number of hydrogen-bond acceptors (Lipinski definition) is 2. The Morgan fingerprint density at radius 3 is 2.00 bits per heavy atom. The molecule has 0 aromatic heterocycles. The van der Waals surface area contributed by atoms with Gasteiger partial charge in [-0.3, -0.25) is 9.59 Å². The Hall–Kier alpha value is -2.22. The topological polar surface area (TPSA) is 34.1 Å². The average Bonchev–Trinajstić information content (AvgIpc) is 2.39. The number of carbonyl (C=O) groups is 2. The smallest absolute Gasteiger partial charge is 0.194 e. The number of carbonyl (C=O) groups excluding carboxylic acids is 2. The lowest BCUT2D eigenvalue weighted by Gasteiger charge is -2.19. The van der Waals surface area contributed by atoms with Gasteiger partial charge < -0.3 is 0 Å². The van der Waals surface area contributed by atoms with E-state index in [0.29, 0.717) is 22.3 Å². The maximum Gasteiger partial charge on any atom is 0.194 e. The van der Waals surface area contributed by atoms with E-state index in [1.807, 2.05) is 19.9 Å². The summed E-state index contributed by atoms with van der Waals surface area (Å²) in [5, 5.41) is 0. The molecule has 1 aliphatic rings. The van der Waals surface area contributed by atoms with E-state index in [2.05, 4.69) is 0 Å². The number of hydrogen-bond donors (Lipinski definition) is 0. The van der Waals surface area contributed by atoms with E-state index in [1.165, 1.54) is 0 Å². The highest BCUT2D eigenvalue weighted by molar-refractivity contribution is 6.28.